The SMILES string of the molecule is CC1=CCC[C@H](C)[C@@H](O)[C@@H](C)[C@@H](O)CCC=C[C@H](C)[C@@H](O)C=C[C@H](C)[C@@H](O)C(C)=C[C@H](O[C@H]2O[C@H](CO)[C@@H](O)[C@H](O)[C@@H]2O)[C@H](O)C[C@@H](O)C[C@H](O)C[C@H](O)[C@H](C)[C@@H](O)[C@@H](C)[C@H](O)C[C@@H](O)C[C@H](O)C=CC[C@@H]([C@H](C)[C@H]2CCC(=O)O2)OC1=O. The number of aliphatic hydroxyl groups is 16. The van der Waals surface area contributed by atoms with Gasteiger partial charge in [0.1, 0.15) is 42.7 Å². The van der Waals surface area contributed by atoms with Crippen LogP contribution in [-0.2, 0) is 28.5 Å². The number of carbonyl (C=O) groups is 2. The summed E-state index contributed by atoms with van der Waals surface area (Å²) in [6.07, 6.45) is -13.0. The van der Waals surface area contributed by atoms with Crippen LogP contribution in [0.25, 0.3) is 0 Å². The van der Waals surface area contributed by atoms with E-state index in [4.69, 9.17) is 18.9 Å². The molecule has 0 bridgehead atoms. The summed E-state index contributed by atoms with van der Waals surface area (Å²) in [5, 5.41) is 175. The Morgan fingerprint density at radius 1 is 0.578 bits per heavy atom. The molecule has 3 rings (SSSR count). The summed E-state index contributed by atoms with van der Waals surface area (Å²) in [4.78, 5) is 25.5. The van der Waals surface area contributed by atoms with E-state index in [0.29, 0.717) is 37.7 Å². The Morgan fingerprint density at radius 3 is 1.76 bits per heavy atom. The van der Waals surface area contributed by atoms with E-state index in [1.54, 1.807) is 58.9 Å². The van der Waals surface area contributed by atoms with Crippen molar-refractivity contribution < 1.29 is 110 Å². The normalized spacial score (nSPS) is 43.1. The molecule has 0 aromatic heterocycles. The summed E-state index contributed by atoms with van der Waals surface area (Å²) in [7, 11) is 0. The van der Waals surface area contributed by atoms with Crippen LogP contribution in [0.15, 0.2) is 59.8 Å². The minimum absolute atomic E-state index is 0.118. The van der Waals surface area contributed by atoms with E-state index in [1.165, 1.54) is 39.0 Å². The molecule has 480 valence electrons. The van der Waals surface area contributed by atoms with Gasteiger partial charge in [-0.25, -0.2) is 4.79 Å². The number of hydrogen-bond donors (Lipinski definition) is 16. The lowest BCUT2D eigenvalue weighted by molar-refractivity contribution is -0.313. The van der Waals surface area contributed by atoms with Crippen molar-refractivity contribution in [1.82, 2.24) is 0 Å². The lowest BCUT2D eigenvalue weighted by Crippen LogP contribution is -2.60. The first-order chi connectivity index (χ1) is 38.9. The molecule has 0 aromatic rings. The highest BCUT2D eigenvalue weighted by molar-refractivity contribution is 5.87. The predicted octanol–water partition coefficient (Wildman–Crippen LogP) is 1.05. The molecule has 0 spiro atoms. The van der Waals surface area contributed by atoms with Crippen LogP contribution in [0.2, 0.25) is 0 Å². The molecule has 3 heterocycles. The summed E-state index contributed by atoms with van der Waals surface area (Å²) < 4.78 is 22.9. The number of allylic oxidation sites excluding steroid dienone is 2. The molecule has 16 N–H and O–H groups in total. The number of esters is 2. The summed E-state index contributed by atoms with van der Waals surface area (Å²) in [5.41, 5.74) is 0.540. The van der Waals surface area contributed by atoms with Gasteiger partial charge in [0.15, 0.2) is 6.29 Å². The lowest BCUT2D eigenvalue weighted by atomic mass is 9.82. The second-order valence-corrected chi connectivity index (χ2v) is 24.3. The molecule has 2 saturated heterocycles. The van der Waals surface area contributed by atoms with Crippen molar-refractivity contribution in [2.75, 3.05) is 6.61 Å². The van der Waals surface area contributed by atoms with Crippen molar-refractivity contribution in [1.29, 1.82) is 0 Å². The van der Waals surface area contributed by atoms with E-state index in [0.717, 1.165) is 0 Å². The number of aliphatic hydroxyl groups excluding tert-OH is 16. The third-order valence-electron chi connectivity index (χ3n) is 17.2. The second-order valence-electron chi connectivity index (χ2n) is 24.3. The largest absolute Gasteiger partial charge is 0.462 e. The quantitative estimate of drug-likeness (QED) is 0.135. The highest BCUT2D eigenvalue weighted by Gasteiger charge is 2.46. The van der Waals surface area contributed by atoms with Gasteiger partial charge in [-0.15, -0.1) is 0 Å². The van der Waals surface area contributed by atoms with E-state index in [9.17, 15) is 91.3 Å². The number of ether oxygens (including phenoxy) is 4. The lowest BCUT2D eigenvalue weighted by Gasteiger charge is -2.41. The van der Waals surface area contributed by atoms with Crippen molar-refractivity contribution in [2.24, 2.45) is 41.4 Å². The Morgan fingerprint density at radius 2 is 1.17 bits per heavy atom. The topological polar surface area (TPSA) is 395 Å². The Kier molecular flexibility index (Phi) is 32.4. The van der Waals surface area contributed by atoms with Crippen molar-refractivity contribution in [3.63, 3.8) is 0 Å². The molecule has 0 saturated carbocycles. The maximum Gasteiger partial charge on any atom is 0.333 e. The van der Waals surface area contributed by atoms with Crippen LogP contribution in [-0.4, -0.2) is 223 Å². The molecule has 27 atom stereocenters. The highest BCUT2D eigenvalue weighted by atomic mass is 16.7. The maximum absolute atomic E-state index is 13.5. The zero-order chi connectivity index (χ0) is 62.6. The molecule has 0 amide bonds. The fourth-order valence-corrected chi connectivity index (χ4v) is 10.9. The zero-order valence-corrected chi connectivity index (χ0v) is 50.0. The van der Waals surface area contributed by atoms with E-state index < -0.39 is 183 Å². The summed E-state index contributed by atoms with van der Waals surface area (Å²) in [5.74, 6) is -5.08. The van der Waals surface area contributed by atoms with Gasteiger partial charge in [0.05, 0.1) is 79.9 Å². The third kappa shape index (κ3) is 23.9. The van der Waals surface area contributed by atoms with Crippen LogP contribution in [0.5, 0.6) is 0 Å². The number of rotatable bonds is 5. The molecule has 0 aromatic carbocycles. The molecular formula is C61H104O22. The Balaban J connectivity index is 1.88. The standard InChI is InChI=1S/C61H104O22/c1-31-14-10-11-18-45(68)36(6)55(74)32(2)15-12-16-34(4)60(79)81-49(39(9)50-22-23-53(72)80-50)19-13-17-40(63)25-41(64)27-46(69)37(7)56(75)38(8)47(70)28-42(65)26-43(66)29-48(71)51(24-35(5)54(73)33(3)20-21-44(31)67)82-61-59(78)58(77)57(76)52(30-62)83-61/h10,13-14,16-17,20-21,24,31-33,36-52,54-59,61-71,73-78H,11-12,15,18-19,22-23,25-30H2,1-9H3/t31-,32-,33-,36-,37-,38-,39-,40+,41-,42-,43-,44-,45-,46+,47-,48+,49-,50+,51-,52+,54+,55+,56-,57+,58-,59-,61-/m0/s1. The summed E-state index contributed by atoms with van der Waals surface area (Å²) >= 11 is 0. The van der Waals surface area contributed by atoms with Gasteiger partial charge in [-0.3, -0.25) is 4.79 Å². The average Bonchev–Trinajstić information content (AvgIpc) is 4.00. The van der Waals surface area contributed by atoms with Gasteiger partial charge in [0, 0.05) is 66.8 Å². The second kappa shape index (κ2) is 36.3. The molecule has 83 heavy (non-hydrogen) atoms. The molecule has 22 heteroatoms. The molecule has 0 aliphatic carbocycles. The molecule has 0 radical (unpaired) electrons. The fraction of sp³-hybridized carbons (Fsp3) is 0.803. The number of hydrogen-bond acceptors (Lipinski definition) is 22. The smallest absolute Gasteiger partial charge is 0.333 e. The first kappa shape index (κ1) is 74.2. The van der Waals surface area contributed by atoms with Crippen molar-refractivity contribution in [3.8, 4) is 0 Å². The van der Waals surface area contributed by atoms with Crippen molar-refractivity contribution in [2.45, 2.75) is 262 Å². The molecule has 3 aliphatic heterocycles. The molecule has 0 unspecified atom stereocenters. The monoisotopic (exact) mass is 1190 g/mol. The van der Waals surface area contributed by atoms with Crippen molar-refractivity contribution >= 4 is 11.9 Å². The Bertz CT molecular complexity index is 2050. The zero-order valence-electron chi connectivity index (χ0n) is 50.0. The number of carbonyl (C=O) groups excluding carboxylic acids is 2. The Hall–Kier alpha value is -3.08. The van der Waals surface area contributed by atoms with Gasteiger partial charge < -0.3 is 101 Å². The van der Waals surface area contributed by atoms with Gasteiger partial charge >= 0.3 is 11.9 Å². The highest BCUT2D eigenvalue weighted by Crippen LogP contribution is 2.31. The van der Waals surface area contributed by atoms with E-state index >= 15 is 0 Å². The minimum Gasteiger partial charge on any atom is -0.462 e. The van der Waals surface area contributed by atoms with Crippen LogP contribution >= 0.6 is 0 Å². The fourth-order valence-electron chi connectivity index (χ4n) is 10.9. The number of cyclic esters (lactones) is 2. The van der Waals surface area contributed by atoms with Gasteiger partial charge in [-0.2, -0.15) is 0 Å². The van der Waals surface area contributed by atoms with Crippen LogP contribution in [0, 0.1) is 41.4 Å². The predicted molar refractivity (Wildman–Crippen MR) is 305 cm³/mol. The van der Waals surface area contributed by atoms with Gasteiger partial charge in [0.2, 0.25) is 0 Å². The van der Waals surface area contributed by atoms with Crippen molar-refractivity contribution in [3.05, 3.63) is 59.8 Å². The minimum atomic E-state index is -1.88. The third-order valence-corrected chi connectivity index (χ3v) is 17.2. The van der Waals surface area contributed by atoms with Crippen LogP contribution in [0.4, 0.5) is 0 Å². The summed E-state index contributed by atoms with van der Waals surface area (Å²) in [6.45, 7) is 14.2. The van der Waals surface area contributed by atoms with Crippen LogP contribution in [0.3, 0.4) is 0 Å². The first-order valence-corrected chi connectivity index (χ1v) is 29.8. The first-order valence-electron chi connectivity index (χ1n) is 29.8. The van der Waals surface area contributed by atoms with Gasteiger partial charge in [0.25, 0.3) is 0 Å². The molecule has 2 fully saturated rings. The van der Waals surface area contributed by atoms with E-state index in [1.807, 2.05) is 13.0 Å². The summed E-state index contributed by atoms with van der Waals surface area (Å²) in [6, 6.07) is 0. The maximum atomic E-state index is 13.5. The molecular weight excluding hydrogens is 1080 g/mol. The van der Waals surface area contributed by atoms with Gasteiger partial charge in [-0.1, -0.05) is 97.1 Å². The van der Waals surface area contributed by atoms with Crippen LogP contribution < -0.4 is 0 Å². The Labute approximate surface area is 490 Å². The van der Waals surface area contributed by atoms with E-state index in [2.05, 4.69) is 0 Å². The molecule has 22 nitrogen and oxygen atoms in total. The molecule has 3 aliphatic rings. The van der Waals surface area contributed by atoms with Gasteiger partial charge in [-0.05, 0) is 76.7 Å². The van der Waals surface area contributed by atoms with E-state index in [-0.39, 0.29) is 49.6 Å². The van der Waals surface area contributed by atoms with Crippen LogP contribution in [0.1, 0.15) is 139 Å². The average molecular weight is 1190 g/mol.